The van der Waals surface area contributed by atoms with Gasteiger partial charge in [-0.05, 0) is 18.6 Å². The van der Waals surface area contributed by atoms with E-state index in [0.29, 0.717) is 5.02 Å². The number of likely N-dealkylation sites (tertiary alicyclic amines) is 1. The molecule has 4 nitrogen and oxygen atoms in total. The zero-order valence-corrected chi connectivity index (χ0v) is 11.8. The number of carbonyl (C=O) groups excluding carboxylic acids is 1. The Hall–Kier alpha value is -1.14. The second-order valence-corrected chi connectivity index (χ2v) is 6.57. The Morgan fingerprint density at radius 3 is 2.58 bits per heavy atom. The second kappa shape index (κ2) is 5.09. The van der Waals surface area contributed by atoms with Gasteiger partial charge in [0, 0.05) is 18.0 Å². The van der Waals surface area contributed by atoms with Gasteiger partial charge in [-0.15, -0.1) is 3.89 Å². The Bertz CT molecular complexity index is 605. The van der Waals surface area contributed by atoms with Crippen molar-refractivity contribution < 1.29 is 17.1 Å². The lowest BCUT2D eigenvalue weighted by atomic mass is 10.1. The Labute approximate surface area is 116 Å². The van der Waals surface area contributed by atoms with E-state index >= 15 is 0 Å². The van der Waals surface area contributed by atoms with Crippen LogP contribution in [0.5, 0.6) is 0 Å². The minimum Gasteiger partial charge on any atom is -0.334 e. The van der Waals surface area contributed by atoms with Crippen molar-refractivity contribution in [2.24, 2.45) is 0 Å². The number of hydrogen-bond donors (Lipinski definition) is 0. The fourth-order valence-corrected chi connectivity index (χ4v) is 3.22. The summed E-state index contributed by atoms with van der Waals surface area (Å²) in [5.41, 5.74) is 0.717. The molecular formula is C12H13ClFNO3S. The number of halogens is 2. The monoisotopic (exact) mass is 305 g/mol. The molecule has 0 saturated carbocycles. The van der Waals surface area contributed by atoms with E-state index in [-0.39, 0.29) is 24.9 Å². The molecule has 1 amide bonds. The molecule has 1 aliphatic heterocycles. The van der Waals surface area contributed by atoms with Crippen molar-refractivity contribution >= 4 is 27.7 Å². The van der Waals surface area contributed by atoms with Crippen LogP contribution in [0.2, 0.25) is 5.02 Å². The number of carbonyl (C=O) groups is 1. The van der Waals surface area contributed by atoms with Gasteiger partial charge in [0.1, 0.15) is 5.25 Å². The van der Waals surface area contributed by atoms with Crippen LogP contribution in [0, 0.1) is 0 Å². The highest BCUT2D eigenvalue weighted by molar-refractivity contribution is 7.87. The molecule has 1 heterocycles. The average molecular weight is 306 g/mol. The lowest BCUT2D eigenvalue weighted by molar-refractivity contribution is -0.129. The molecule has 1 aromatic rings. The van der Waals surface area contributed by atoms with Crippen molar-refractivity contribution in [3.63, 3.8) is 0 Å². The molecule has 1 aromatic carbocycles. The van der Waals surface area contributed by atoms with Crippen LogP contribution in [0.15, 0.2) is 24.3 Å². The van der Waals surface area contributed by atoms with Crippen LogP contribution in [0.25, 0.3) is 0 Å². The molecule has 2 unspecified atom stereocenters. The molecule has 0 radical (unpaired) electrons. The molecule has 0 spiro atoms. The van der Waals surface area contributed by atoms with Crippen molar-refractivity contribution in [1.29, 1.82) is 0 Å². The first-order valence-electron chi connectivity index (χ1n) is 5.78. The summed E-state index contributed by atoms with van der Waals surface area (Å²) < 4.78 is 34.7. The van der Waals surface area contributed by atoms with Crippen molar-refractivity contribution in [3.05, 3.63) is 34.9 Å². The molecule has 0 N–H and O–H groups in total. The SMILES string of the molecule is CC(c1ccccc1Cl)N1CC(S(=O)(=O)F)CC1=O. The molecule has 104 valence electrons. The zero-order chi connectivity index (χ0) is 14.2. The normalized spacial score (nSPS) is 21.7. The number of benzene rings is 1. The summed E-state index contributed by atoms with van der Waals surface area (Å²) in [4.78, 5) is 13.2. The highest BCUT2D eigenvalue weighted by Crippen LogP contribution is 2.32. The fourth-order valence-electron chi connectivity index (χ4n) is 2.24. The Morgan fingerprint density at radius 2 is 2.05 bits per heavy atom. The lowest BCUT2D eigenvalue weighted by Gasteiger charge is -2.25. The first kappa shape index (κ1) is 14.3. The van der Waals surface area contributed by atoms with Crippen LogP contribution < -0.4 is 0 Å². The molecule has 19 heavy (non-hydrogen) atoms. The largest absolute Gasteiger partial charge is 0.334 e. The van der Waals surface area contributed by atoms with Gasteiger partial charge in [0.25, 0.3) is 0 Å². The predicted molar refractivity (Wildman–Crippen MR) is 70.0 cm³/mol. The summed E-state index contributed by atoms with van der Waals surface area (Å²) >= 11 is 6.04. The van der Waals surface area contributed by atoms with Crippen molar-refractivity contribution in [1.82, 2.24) is 4.90 Å². The summed E-state index contributed by atoms with van der Waals surface area (Å²) in [6.07, 6.45) is -0.312. The summed E-state index contributed by atoms with van der Waals surface area (Å²) in [7, 11) is -4.69. The molecule has 0 bridgehead atoms. The highest BCUT2D eigenvalue weighted by Gasteiger charge is 2.40. The average Bonchev–Trinajstić information content (AvgIpc) is 2.71. The van der Waals surface area contributed by atoms with Crippen molar-refractivity contribution in [3.8, 4) is 0 Å². The number of nitrogens with zero attached hydrogens (tertiary/aromatic N) is 1. The van der Waals surface area contributed by atoms with E-state index in [2.05, 4.69) is 0 Å². The minimum atomic E-state index is -4.69. The van der Waals surface area contributed by atoms with Gasteiger partial charge in [-0.25, -0.2) is 0 Å². The van der Waals surface area contributed by atoms with E-state index < -0.39 is 15.5 Å². The van der Waals surface area contributed by atoms with Gasteiger partial charge in [-0.3, -0.25) is 4.79 Å². The Kier molecular flexibility index (Phi) is 3.82. The zero-order valence-electron chi connectivity index (χ0n) is 10.2. The molecule has 1 saturated heterocycles. The van der Waals surface area contributed by atoms with Crippen LogP contribution >= 0.6 is 11.6 Å². The molecule has 2 rings (SSSR count). The third kappa shape index (κ3) is 2.90. The fraction of sp³-hybridized carbons (Fsp3) is 0.417. The second-order valence-electron chi connectivity index (χ2n) is 4.55. The number of hydrogen-bond acceptors (Lipinski definition) is 3. The molecular weight excluding hydrogens is 293 g/mol. The first-order valence-corrected chi connectivity index (χ1v) is 7.60. The van der Waals surface area contributed by atoms with E-state index in [1.807, 2.05) is 0 Å². The maximum Gasteiger partial charge on any atom is 0.307 e. The quantitative estimate of drug-likeness (QED) is 0.805. The van der Waals surface area contributed by atoms with Gasteiger partial charge >= 0.3 is 10.2 Å². The third-order valence-corrected chi connectivity index (χ3v) is 4.80. The molecule has 0 aliphatic carbocycles. The maximum atomic E-state index is 13.0. The minimum absolute atomic E-state index is 0.135. The smallest absolute Gasteiger partial charge is 0.307 e. The third-order valence-electron chi connectivity index (χ3n) is 3.34. The van der Waals surface area contributed by atoms with Crippen LogP contribution in [-0.4, -0.2) is 31.0 Å². The van der Waals surface area contributed by atoms with Crippen LogP contribution in [0.3, 0.4) is 0 Å². The van der Waals surface area contributed by atoms with Crippen molar-refractivity contribution in [2.75, 3.05) is 6.54 Å². The first-order chi connectivity index (χ1) is 8.80. The van der Waals surface area contributed by atoms with E-state index in [4.69, 9.17) is 11.6 Å². The van der Waals surface area contributed by atoms with Gasteiger partial charge in [0.15, 0.2) is 0 Å². The van der Waals surface area contributed by atoms with Crippen LogP contribution in [-0.2, 0) is 15.0 Å². The van der Waals surface area contributed by atoms with Crippen LogP contribution in [0.4, 0.5) is 3.89 Å². The Balaban J connectivity index is 2.24. The Morgan fingerprint density at radius 1 is 1.42 bits per heavy atom. The summed E-state index contributed by atoms with van der Waals surface area (Å²) in [6.45, 7) is 1.61. The van der Waals surface area contributed by atoms with Crippen molar-refractivity contribution in [2.45, 2.75) is 24.6 Å². The molecule has 0 aromatic heterocycles. The standard InChI is InChI=1S/C12H13ClFNO3S/c1-8(10-4-2-3-5-11(10)13)15-7-9(6-12(15)16)19(14,17)18/h2-5,8-9H,6-7H2,1H3. The van der Waals surface area contributed by atoms with Crippen LogP contribution in [0.1, 0.15) is 24.9 Å². The topological polar surface area (TPSA) is 54.5 Å². The van der Waals surface area contributed by atoms with E-state index in [1.165, 1.54) is 4.90 Å². The van der Waals surface area contributed by atoms with E-state index in [1.54, 1.807) is 31.2 Å². The molecule has 7 heteroatoms. The summed E-state index contributed by atoms with van der Waals surface area (Å²) in [5, 5.41) is -0.778. The maximum absolute atomic E-state index is 13.0. The molecule has 2 atom stereocenters. The van der Waals surface area contributed by atoms with Gasteiger partial charge in [-0.2, -0.15) is 8.42 Å². The van der Waals surface area contributed by atoms with E-state index in [0.717, 1.165) is 5.56 Å². The highest BCUT2D eigenvalue weighted by atomic mass is 35.5. The number of rotatable bonds is 3. The molecule has 1 aliphatic rings. The molecule has 1 fully saturated rings. The summed E-state index contributed by atoms with van der Waals surface area (Å²) in [5.74, 6) is -0.376. The van der Waals surface area contributed by atoms with Gasteiger partial charge < -0.3 is 4.90 Å². The van der Waals surface area contributed by atoms with Gasteiger partial charge in [-0.1, -0.05) is 29.8 Å². The summed E-state index contributed by atoms with van der Waals surface area (Å²) in [6, 6.07) is 6.61. The van der Waals surface area contributed by atoms with E-state index in [9.17, 15) is 17.1 Å². The van der Waals surface area contributed by atoms with Gasteiger partial charge in [0.2, 0.25) is 5.91 Å². The van der Waals surface area contributed by atoms with Gasteiger partial charge in [0.05, 0.1) is 6.04 Å². The predicted octanol–water partition coefficient (Wildman–Crippen LogP) is 2.30. The lowest BCUT2D eigenvalue weighted by Crippen LogP contribution is -2.30. The number of amides is 1.